The van der Waals surface area contributed by atoms with Crippen LogP contribution in [0, 0.1) is 0 Å². The standard InChI is InChI=1S/C23H23NO2S/c1-2-8-20-19(7-1)22-21(26-20)9-5-6-17-10-11-18(27-23(17)22)16-25-15-14-24-12-3-4-13-24/h1-2,5-11H,3-4,12-16H2. The molecule has 0 atom stereocenters. The third-order valence-corrected chi connectivity index (χ3v) is 6.47. The molecule has 2 aliphatic heterocycles. The third kappa shape index (κ3) is 3.45. The maximum absolute atomic E-state index is 6.09. The fraction of sp³-hybridized carbons (Fsp3) is 0.304. The van der Waals surface area contributed by atoms with E-state index in [-0.39, 0.29) is 0 Å². The summed E-state index contributed by atoms with van der Waals surface area (Å²) in [5.74, 6) is 0. The first-order chi connectivity index (χ1) is 13.4. The summed E-state index contributed by atoms with van der Waals surface area (Å²) in [7, 11) is 0. The summed E-state index contributed by atoms with van der Waals surface area (Å²) in [6, 6.07) is 8.28. The van der Waals surface area contributed by atoms with Crippen LogP contribution in [0.15, 0.2) is 63.5 Å². The Hall–Kier alpha value is -2.01. The second-order valence-corrected chi connectivity index (χ2v) is 8.29. The van der Waals surface area contributed by atoms with Gasteiger partial charge in [-0.3, -0.25) is 0 Å². The van der Waals surface area contributed by atoms with Gasteiger partial charge in [0.1, 0.15) is 11.0 Å². The number of benzene rings is 1. The molecule has 3 aliphatic rings. The highest BCUT2D eigenvalue weighted by atomic mass is 32.2. The molecule has 0 amide bonds. The van der Waals surface area contributed by atoms with Crippen LogP contribution in [0.4, 0.5) is 0 Å². The third-order valence-electron chi connectivity index (χ3n) is 5.31. The molecule has 5 rings (SSSR count). The maximum atomic E-state index is 6.09. The number of furan rings is 1. The average molecular weight is 378 g/mol. The maximum Gasteiger partial charge on any atom is 0.136 e. The highest BCUT2D eigenvalue weighted by molar-refractivity contribution is 8.11. The number of allylic oxidation sites excluding steroid dienone is 4. The molecule has 3 nitrogen and oxygen atoms in total. The van der Waals surface area contributed by atoms with E-state index in [0.717, 1.165) is 24.2 Å². The molecule has 0 unspecified atom stereocenters. The molecule has 4 heteroatoms. The van der Waals surface area contributed by atoms with Crippen molar-refractivity contribution in [3.63, 3.8) is 0 Å². The van der Waals surface area contributed by atoms with Crippen LogP contribution in [0.3, 0.4) is 0 Å². The highest BCUT2D eigenvalue weighted by Crippen LogP contribution is 2.37. The molecule has 138 valence electrons. The van der Waals surface area contributed by atoms with Crippen molar-refractivity contribution in [2.24, 2.45) is 0 Å². The number of likely N-dealkylation sites (tertiary alicyclic amines) is 1. The van der Waals surface area contributed by atoms with E-state index in [0.29, 0.717) is 6.61 Å². The van der Waals surface area contributed by atoms with E-state index in [1.54, 1.807) is 0 Å². The van der Waals surface area contributed by atoms with E-state index in [2.05, 4.69) is 47.4 Å². The minimum absolute atomic E-state index is 0.671. The van der Waals surface area contributed by atoms with Gasteiger partial charge >= 0.3 is 0 Å². The molecule has 1 aromatic heterocycles. The first-order valence-electron chi connectivity index (χ1n) is 9.68. The van der Waals surface area contributed by atoms with Crippen molar-refractivity contribution < 1.29 is 9.15 Å². The van der Waals surface area contributed by atoms with Gasteiger partial charge in [-0.1, -0.05) is 48.2 Å². The van der Waals surface area contributed by atoms with Gasteiger partial charge < -0.3 is 14.1 Å². The number of para-hydroxylation sites is 1. The van der Waals surface area contributed by atoms with Crippen molar-refractivity contribution in [2.75, 3.05) is 32.8 Å². The average Bonchev–Trinajstić information content (AvgIpc) is 3.30. The molecular weight excluding hydrogens is 354 g/mol. The van der Waals surface area contributed by atoms with Gasteiger partial charge in [-0.15, -0.1) is 0 Å². The van der Waals surface area contributed by atoms with Crippen molar-refractivity contribution in [3.8, 4) is 0 Å². The summed E-state index contributed by atoms with van der Waals surface area (Å²) in [5.41, 5.74) is 3.12. The van der Waals surface area contributed by atoms with E-state index in [4.69, 9.17) is 9.15 Å². The molecule has 0 radical (unpaired) electrons. The summed E-state index contributed by atoms with van der Waals surface area (Å²) in [6.07, 6.45) is 13.4. The van der Waals surface area contributed by atoms with Gasteiger partial charge in [0.15, 0.2) is 0 Å². The van der Waals surface area contributed by atoms with Crippen molar-refractivity contribution in [1.82, 2.24) is 4.90 Å². The highest BCUT2D eigenvalue weighted by Gasteiger charge is 2.18. The van der Waals surface area contributed by atoms with Gasteiger partial charge in [-0.2, -0.15) is 0 Å². The van der Waals surface area contributed by atoms with Crippen molar-refractivity contribution in [1.29, 1.82) is 0 Å². The molecule has 3 heterocycles. The number of hydrogen-bond donors (Lipinski definition) is 0. The van der Waals surface area contributed by atoms with Gasteiger partial charge in [-0.05, 0) is 49.7 Å². The lowest BCUT2D eigenvalue weighted by Crippen LogP contribution is -2.24. The van der Waals surface area contributed by atoms with Gasteiger partial charge in [0, 0.05) is 27.0 Å². The Morgan fingerprint density at radius 2 is 1.96 bits per heavy atom. The minimum atomic E-state index is 0.671. The molecule has 0 N–H and O–H groups in total. The summed E-state index contributed by atoms with van der Waals surface area (Å²) in [6.45, 7) is 4.97. The Bertz CT molecular complexity index is 1070. The normalized spacial score (nSPS) is 19.3. The Kier molecular flexibility index (Phi) is 4.78. The van der Waals surface area contributed by atoms with Crippen LogP contribution < -0.4 is 10.6 Å². The van der Waals surface area contributed by atoms with Crippen LogP contribution in [0.5, 0.6) is 0 Å². The summed E-state index contributed by atoms with van der Waals surface area (Å²) in [4.78, 5) is 5.01. The molecule has 0 bridgehead atoms. The molecule has 0 spiro atoms. The van der Waals surface area contributed by atoms with E-state index < -0.39 is 0 Å². The Balaban J connectivity index is 1.39. The van der Waals surface area contributed by atoms with Crippen LogP contribution in [-0.4, -0.2) is 37.7 Å². The predicted octanol–water partition coefficient (Wildman–Crippen LogP) is 3.56. The number of ether oxygens (including phenoxy) is 1. The number of hydrogen-bond acceptors (Lipinski definition) is 4. The van der Waals surface area contributed by atoms with E-state index in [1.807, 2.05) is 23.9 Å². The van der Waals surface area contributed by atoms with E-state index >= 15 is 0 Å². The Morgan fingerprint density at radius 1 is 1.07 bits per heavy atom. The molecular formula is C23H23NO2S. The van der Waals surface area contributed by atoms with Gasteiger partial charge in [0.25, 0.3) is 0 Å². The molecule has 2 aromatic rings. The van der Waals surface area contributed by atoms with Crippen LogP contribution in [0.25, 0.3) is 22.0 Å². The van der Waals surface area contributed by atoms with E-state index in [1.165, 1.54) is 51.9 Å². The predicted molar refractivity (Wildman–Crippen MR) is 113 cm³/mol. The van der Waals surface area contributed by atoms with Crippen molar-refractivity contribution >= 4 is 33.7 Å². The Morgan fingerprint density at radius 3 is 2.89 bits per heavy atom. The van der Waals surface area contributed by atoms with Crippen LogP contribution in [0.1, 0.15) is 12.8 Å². The van der Waals surface area contributed by atoms with Gasteiger partial charge in [-0.25, -0.2) is 0 Å². The number of nitrogens with zero attached hydrogens (tertiary/aromatic N) is 1. The molecule has 1 aromatic carbocycles. The lowest BCUT2D eigenvalue weighted by atomic mass is 10.1. The molecule has 1 fully saturated rings. The fourth-order valence-corrected chi connectivity index (χ4v) is 5.02. The number of rotatable bonds is 5. The topological polar surface area (TPSA) is 25.6 Å². The van der Waals surface area contributed by atoms with Crippen molar-refractivity contribution in [2.45, 2.75) is 12.8 Å². The van der Waals surface area contributed by atoms with Crippen LogP contribution in [0.2, 0.25) is 0 Å². The lowest BCUT2D eigenvalue weighted by Gasteiger charge is -2.17. The zero-order valence-corrected chi connectivity index (χ0v) is 16.1. The van der Waals surface area contributed by atoms with Crippen molar-refractivity contribution in [3.05, 3.63) is 69.7 Å². The van der Waals surface area contributed by atoms with Gasteiger partial charge in [0.05, 0.1) is 13.2 Å². The van der Waals surface area contributed by atoms with E-state index in [9.17, 15) is 0 Å². The largest absolute Gasteiger partial charge is 0.456 e. The quantitative estimate of drug-likeness (QED) is 0.744. The van der Waals surface area contributed by atoms with Gasteiger partial charge in [0.2, 0.25) is 0 Å². The smallest absolute Gasteiger partial charge is 0.136 e. The molecule has 1 saturated heterocycles. The zero-order valence-electron chi connectivity index (χ0n) is 15.3. The molecule has 0 saturated carbocycles. The van der Waals surface area contributed by atoms with Crippen LogP contribution in [-0.2, 0) is 4.74 Å². The second-order valence-electron chi connectivity index (χ2n) is 7.15. The fourth-order valence-electron chi connectivity index (χ4n) is 3.91. The molecule has 1 aliphatic carbocycles. The number of fused-ring (bicyclic) bond motifs is 4. The summed E-state index contributed by atoms with van der Waals surface area (Å²) < 4.78 is 12.1. The second kappa shape index (κ2) is 7.55. The van der Waals surface area contributed by atoms with Crippen LogP contribution >= 0.6 is 11.8 Å². The lowest BCUT2D eigenvalue weighted by molar-refractivity contribution is 0.132. The Labute approximate surface area is 163 Å². The summed E-state index contributed by atoms with van der Waals surface area (Å²) in [5, 5.41) is 2.38. The SMILES string of the molecule is C1=CC2=CC=C(COCCN3CCCC3)SC2=c2c(oc3ccccc23)=C1. The summed E-state index contributed by atoms with van der Waals surface area (Å²) >= 11 is 1.81. The number of thioether (sulfide) groups is 1. The first-order valence-corrected chi connectivity index (χ1v) is 10.5. The monoisotopic (exact) mass is 377 g/mol. The molecule has 27 heavy (non-hydrogen) atoms. The minimum Gasteiger partial charge on any atom is -0.456 e. The zero-order chi connectivity index (χ0) is 18.1. The first kappa shape index (κ1) is 17.1.